The molecular formula is C16H23Cl2N3O. The molecule has 0 bridgehead atoms. The van der Waals surface area contributed by atoms with Gasteiger partial charge in [-0.15, -0.1) is 0 Å². The van der Waals surface area contributed by atoms with Crippen molar-refractivity contribution >= 4 is 29.2 Å². The third kappa shape index (κ3) is 4.77. The number of guanidine groups is 1. The highest BCUT2D eigenvalue weighted by Crippen LogP contribution is 2.28. The lowest BCUT2D eigenvalue weighted by Gasteiger charge is -2.30. The van der Waals surface area contributed by atoms with Crippen LogP contribution in [0.2, 0.25) is 10.0 Å². The van der Waals surface area contributed by atoms with E-state index in [9.17, 15) is 5.11 Å². The Bertz CT molecular complexity index is 542. The maximum absolute atomic E-state index is 10.4. The Morgan fingerprint density at radius 3 is 2.68 bits per heavy atom. The van der Waals surface area contributed by atoms with E-state index in [1.165, 1.54) is 6.42 Å². The van der Waals surface area contributed by atoms with Crippen LogP contribution in [-0.2, 0) is 0 Å². The summed E-state index contributed by atoms with van der Waals surface area (Å²) in [6.07, 6.45) is 4.88. The second kappa shape index (κ2) is 7.53. The molecule has 0 heterocycles. The van der Waals surface area contributed by atoms with E-state index < -0.39 is 5.60 Å². The monoisotopic (exact) mass is 343 g/mol. The van der Waals surface area contributed by atoms with Crippen molar-refractivity contribution in [2.75, 3.05) is 6.54 Å². The van der Waals surface area contributed by atoms with Gasteiger partial charge < -0.3 is 16.2 Å². The minimum atomic E-state index is -0.703. The fourth-order valence-corrected chi connectivity index (χ4v) is 3.37. The lowest BCUT2D eigenvalue weighted by molar-refractivity contribution is 0.0132. The summed E-state index contributed by atoms with van der Waals surface area (Å²) in [6.45, 7) is 2.29. The van der Waals surface area contributed by atoms with Crippen LogP contribution in [0.4, 0.5) is 0 Å². The van der Waals surface area contributed by atoms with Crippen molar-refractivity contribution in [1.29, 1.82) is 0 Å². The van der Waals surface area contributed by atoms with Crippen molar-refractivity contribution in [3.05, 3.63) is 33.8 Å². The first-order valence-electron chi connectivity index (χ1n) is 7.63. The SMILES string of the molecule is CC(NC(N)=NCC1(O)CCCCC1)c1ccc(Cl)cc1Cl. The Morgan fingerprint density at radius 2 is 2.05 bits per heavy atom. The molecule has 0 saturated heterocycles. The molecule has 0 aromatic heterocycles. The quantitative estimate of drug-likeness (QED) is 0.577. The summed E-state index contributed by atoms with van der Waals surface area (Å²) in [5, 5.41) is 14.7. The number of hydrogen-bond donors (Lipinski definition) is 3. The zero-order valence-electron chi connectivity index (χ0n) is 12.8. The van der Waals surface area contributed by atoms with Gasteiger partial charge in [0, 0.05) is 10.0 Å². The largest absolute Gasteiger partial charge is 0.388 e. The molecule has 6 heteroatoms. The van der Waals surface area contributed by atoms with Gasteiger partial charge in [0.05, 0.1) is 18.2 Å². The third-order valence-electron chi connectivity index (χ3n) is 4.12. The molecule has 1 aromatic carbocycles. The van der Waals surface area contributed by atoms with Crippen LogP contribution in [0.3, 0.4) is 0 Å². The second-order valence-corrected chi connectivity index (χ2v) is 6.86. The summed E-state index contributed by atoms with van der Waals surface area (Å²) in [6, 6.07) is 5.27. The van der Waals surface area contributed by atoms with E-state index in [1.54, 1.807) is 12.1 Å². The maximum Gasteiger partial charge on any atom is 0.189 e. The number of nitrogens with zero attached hydrogens (tertiary/aromatic N) is 1. The highest BCUT2D eigenvalue weighted by molar-refractivity contribution is 6.35. The van der Waals surface area contributed by atoms with Crippen molar-refractivity contribution in [2.45, 2.75) is 50.7 Å². The molecule has 1 atom stereocenters. The first-order valence-corrected chi connectivity index (χ1v) is 8.39. The van der Waals surface area contributed by atoms with Crippen LogP contribution < -0.4 is 11.1 Å². The molecule has 4 nitrogen and oxygen atoms in total. The van der Waals surface area contributed by atoms with Crippen LogP contribution in [0.25, 0.3) is 0 Å². The van der Waals surface area contributed by atoms with Crippen LogP contribution in [0.5, 0.6) is 0 Å². The van der Waals surface area contributed by atoms with Crippen molar-refractivity contribution in [3.63, 3.8) is 0 Å². The highest BCUT2D eigenvalue weighted by atomic mass is 35.5. The van der Waals surface area contributed by atoms with E-state index >= 15 is 0 Å². The van der Waals surface area contributed by atoms with E-state index in [4.69, 9.17) is 28.9 Å². The van der Waals surface area contributed by atoms with Gasteiger partial charge in [0.25, 0.3) is 0 Å². The van der Waals surface area contributed by atoms with Crippen molar-refractivity contribution in [1.82, 2.24) is 5.32 Å². The Kier molecular flexibility index (Phi) is 5.95. The van der Waals surface area contributed by atoms with Crippen LogP contribution in [0, 0.1) is 0 Å². The first kappa shape index (κ1) is 17.4. The van der Waals surface area contributed by atoms with E-state index in [1.807, 2.05) is 13.0 Å². The normalized spacial score (nSPS) is 19.7. The summed E-state index contributed by atoms with van der Waals surface area (Å²) in [5.41, 5.74) is 6.13. The van der Waals surface area contributed by atoms with Gasteiger partial charge in [0.15, 0.2) is 5.96 Å². The molecule has 2 rings (SSSR count). The summed E-state index contributed by atoms with van der Waals surface area (Å²) < 4.78 is 0. The van der Waals surface area contributed by atoms with Crippen LogP contribution in [0.15, 0.2) is 23.2 Å². The van der Waals surface area contributed by atoms with Gasteiger partial charge in [0.2, 0.25) is 0 Å². The molecule has 22 heavy (non-hydrogen) atoms. The van der Waals surface area contributed by atoms with Crippen LogP contribution in [0.1, 0.15) is 50.6 Å². The van der Waals surface area contributed by atoms with E-state index in [0.29, 0.717) is 22.5 Å². The molecule has 0 radical (unpaired) electrons. The predicted octanol–water partition coefficient (Wildman–Crippen LogP) is 3.65. The molecule has 1 aliphatic rings. The van der Waals surface area contributed by atoms with Gasteiger partial charge >= 0.3 is 0 Å². The number of benzene rings is 1. The zero-order valence-corrected chi connectivity index (χ0v) is 14.3. The molecule has 4 N–H and O–H groups in total. The Labute approximate surface area is 141 Å². The van der Waals surface area contributed by atoms with Gasteiger partial charge in [0.1, 0.15) is 0 Å². The highest BCUT2D eigenvalue weighted by Gasteiger charge is 2.28. The fourth-order valence-electron chi connectivity index (χ4n) is 2.80. The van der Waals surface area contributed by atoms with Gasteiger partial charge in [-0.2, -0.15) is 0 Å². The number of halogens is 2. The number of aliphatic imine (C=N–C) groups is 1. The molecule has 1 unspecified atom stereocenters. The maximum atomic E-state index is 10.4. The van der Waals surface area contributed by atoms with E-state index in [2.05, 4.69) is 10.3 Å². The van der Waals surface area contributed by atoms with Crippen molar-refractivity contribution < 1.29 is 5.11 Å². The minimum absolute atomic E-state index is 0.0884. The smallest absolute Gasteiger partial charge is 0.189 e. The van der Waals surface area contributed by atoms with Crippen molar-refractivity contribution in [3.8, 4) is 0 Å². The van der Waals surface area contributed by atoms with Gasteiger partial charge in [-0.25, -0.2) is 0 Å². The standard InChI is InChI=1S/C16H23Cl2N3O/c1-11(13-6-5-12(17)9-14(13)18)21-15(19)20-10-16(22)7-3-2-4-8-16/h5-6,9,11,22H,2-4,7-8,10H2,1H3,(H3,19,20,21). The first-order chi connectivity index (χ1) is 10.4. The molecular weight excluding hydrogens is 321 g/mol. The number of aliphatic hydroxyl groups is 1. The molecule has 122 valence electrons. The predicted molar refractivity (Wildman–Crippen MR) is 92.5 cm³/mol. The molecule has 1 aromatic rings. The third-order valence-corrected chi connectivity index (χ3v) is 4.68. The van der Waals surface area contributed by atoms with Gasteiger partial charge in [-0.05, 0) is 37.5 Å². The lowest BCUT2D eigenvalue weighted by Crippen LogP contribution is -2.39. The average molecular weight is 344 g/mol. The second-order valence-electron chi connectivity index (χ2n) is 6.02. The van der Waals surface area contributed by atoms with E-state index in [0.717, 1.165) is 31.2 Å². The Balaban J connectivity index is 1.95. The van der Waals surface area contributed by atoms with E-state index in [-0.39, 0.29) is 6.04 Å². The molecule has 0 spiro atoms. The number of nitrogens with two attached hydrogens (primary N) is 1. The fraction of sp³-hybridized carbons (Fsp3) is 0.562. The minimum Gasteiger partial charge on any atom is -0.388 e. The zero-order chi connectivity index (χ0) is 16.2. The molecule has 1 saturated carbocycles. The molecule has 1 aliphatic carbocycles. The number of hydrogen-bond acceptors (Lipinski definition) is 2. The van der Waals surface area contributed by atoms with Gasteiger partial charge in [-0.1, -0.05) is 48.5 Å². The molecule has 0 amide bonds. The Morgan fingerprint density at radius 1 is 1.36 bits per heavy atom. The lowest BCUT2D eigenvalue weighted by atomic mass is 9.85. The molecule has 1 fully saturated rings. The number of nitrogens with one attached hydrogen (secondary N) is 1. The topological polar surface area (TPSA) is 70.6 Å². The van der Waals surface area contributed by atoms with Crippen LogP contribution >= 0.6 is 23.2 Å². The summed E-state index contributed by atoms with van der Waals surface area (Å²) >= 11 is 12.1. The van der Waals surface area contributed by atoms with Crippen molar-refractivity contribution in [2.24, 2.45) is 10.7 Å². The summed E-state index contributed by atoms with van der Waals surface area (Å²) in [5.74, 6) is 0.317. The van der Waals surface area contributed by atoms with Gasteiger partial charge in [-0.3, -0.25) is 4.99 Å². The molecule has 0 aliphatic heterocycles. The Hall–Kier alpha value is -0.970. The van der Waals surface area contributed by atoms with Crippen LogP contribution in [-0.4, -0.2) is 23.2 Å². The summed E-state index contributed by atoms with van der Waals surface area (Å²) in [4.78, 5) is 4.30. The summed E-state index contributed by atoms with van der Waals surface area (Å²) in [7, 11) is 0. The number of rotatable bonds is 4. The average Bonchev–Trinajstić information content (AvgIpc) is 2.46.